The number of hydrogen-bond acceptors (Lipinski definition) is 5. The number of hydrogen-bond donors (Lipinski definition) is 1. The molecule has 2 aromatic rings. The van der Waals surface area contributed by atoms with Gasteiger partial charge in [-0.3, -0.25) is 4.98 Å². The van der Waals surface area contributed by atoms with Crippen LogP contribution >= 0.6 is 22.9 Å². The Morgan fingerprint density at radius 3 is 3.00 bits per heavy atom. The first-order valence-electron chi connectivity index (χ1n) is 6.44. The molecule has 0 unspecified atom stereocenters. The van der Waals surface area contributed by atoms with Crippen LogP contribution in [0.5, 0.6) is 0 Å². The molecular formula is C13H17ClN4S. The highest BCUT2D eigenvalue weighted by Gasteiger charge is 2.09. The topological polar surface area (TPSA) is 50.7 Å². The zero-order chi connectivity index (χ0) is 13.5. The molecule has 0 aliphatic carbocycles. The SMILES string of the molecule is CCCNCCCc1nnc(-c2ccncc2Cl)s1. The molecule has 0 atom stereocenters. The van der Waals surface area contributed by atoms with Gasteiger partial charge in [0.1, 0.15) is 10.0 Å². The summed E-state index contributed by atoms with van der Waals surface area (Å²) in [5.74, 6) is 0. The van der Waals surface area contributed by atoms with Crippen LogP contribution in [-0.4, -0.2) is 28.3 Å². The van der Waals surface area contributed by atoms with Crippen molar-refractivity contribution in [3.05, 3.63) is 28.5 Å². The molecule has 0 aliphatic rings. The van der Waals surface area contributed by atoms with E-state index in [9.17, 15) is 0 Å². The first-order valence-corrected chi connectivity index (χ1v) is 7.63. The molecule has 0 radical (unpaired) electrons. The van der Waals surface area contributed by atoms with Crippen molar-refractivity contribution < 1.29 is 0 Å². The van der Waals surface area contributed by atoms with Crippen molar-refractivity contribution in [3.8, 4) is 10.6 Å². The van der Waals surface area contributed by atoms with E-state index >= 15 is 0 Å². The third-order valence-corrected chi connectivity index (χ3v) is 3.96. The lowest BCUT2D eigenvalue weighted by Crippen LogP contribution is -2.16. The Hall–Kier alpha value is -1.04. The molecule has 0 amide bonds. The van der Waals surface area contributed by atoms with Crippen LogP contribution < -0.4 is 5.32 Å². The van der Waals surface area contributed by atoms with Gasteiger partial charge in [-0.25, -0.2) is 0 Å². The van der Waals surface area contributed by atoms with Crippen molar-refractivity contribution in [3.63, 3.8) is 0 Å². The van der Waals surface area contributed by atoms with Crippen molar-refractivity contribution in [1.82, 2.24) is 20.5 Å². The average Bonchev–Trinajstić information content (AvgIpc) is 2.88. The van der Waals surface area contributed by atoms with Gasteiger partial charge >= 0.3 is 0 Å². The van der Waals surface area contributed by atoms with Gasteiger partial charge in [-0.1, -0.05) is 29.9 Å². The summed E-state index contributed by atoms with van der Waals surface area (Å²) in [6, 6.07) is 1.87. The Morgan fingerprint density at radius 1 is 1.32 bits per heavy atom. The van der Waals surface area contributed by atoms with E-state index < -0.39 is 0 Å². The normalized spacial score (nSPS) is 10.8. The lowest BCUT2D eigenvalue weighted by Gasteiger charge is -2.00. The minimum atomic E-state index is 0.620. The van der Waals surface area contributed by atoms with Crippen LogP contribution in [0.4, 0.5) is 0 Å². The molecule has 0 saturated carbocycles. The second kappa shape index (κ2) is 7.53. The maximum atomic E-state index is 6.10. The Labute approximate surface area is 122 Å². The first-order chi connectivity index (χ1) is 9.31. The Bertz CT molecular complexity index is 515. The van der Waals surface area contributed by atoms with Crippen molar-refractivity contribution in [1.29, 1.82) is 0 Å². The standard InChI is InChI=1S/C13H17ClN4S/c1-2-6-15-7-3-4-12-17-18-13(19-12)10-5-8-16-9-11(10)14/h5,8-9,15H,2-4,6-7H2,1H3. The summed E-state index contributed by atoms with van der Waals surface area (Å²) < 4.78 is 0. The highest BCUT2D eigenvalue weighted by molar-refractivity contribution is 7.14. The van der Waals surface area contributed by atoms with E-state index in [2.05, 4.69) is 27.4 Å². The molecular weight excluding hydrogens is 280 g/mol. The van der Waals surface area contributed by atoms with Crippen LogP contribution in [0.2, 0.25) is 5.02 Å². The van der Waals surface area contributed by atoms with Crippen LogP contribution in [0, 0.1) is 0 Å². The molecule has 102 valence electrons. The summed E-state index contributed by atoms with van der Waals surface area (Å²) >= 11 is 7.70. The molecule has 0 fully saturated rings. The minimum Gasteiger partial charge on any atom is -0.317 e. The summed E-state index contributed by atoms with van der Waals surface area (Å²) in [7, 11) is 0. The van der Waals surface area contributed by atoms with Gasteiger partial charge in [0.05, 0.1) is 5.02 Å². The van der Waals surface area contributed by atoms with Gasteiger partial charge in [-0.15, -0.1) is 10.2 Å². The number of nitrogens with one attached hydrogen (secondary N) is 1. The van der Waals surface area contributed by atoms with E-state index in [-0.39, 0.29) is 0 Å². The van der Waals surface area contributed by atoms with Gasteiger partial charge in [0.25, 0.3) is 0 Å². The van der Waals surface area contributed by atoms with Gasteiger partial charge < -0.3 is 5.32 Å². The number of aryl methyl sites for hydroxylation is 1. The van der Waals surface area contributed by atoms with E-state index in [1.165, 1.54) is 6.42 Å². The smallest absolute Gasteiger partial charge is 0.149 e. The molecule has 4 nitrogen and oxygen atoms in total. The van der Waals surface area contributed by atoms with Crippen LogP contribution in [0.15, 0.2) is 18.5 Å². The fraction of sp³-hybridized carbons (Fsp3) is 0.462. The van der Waals surface area contributed by atoms with Gasteiger partial charge in [0.2, 0.25) is 0 Å². The fourth-order valence-electron chi connectivity index (χ4n) is 1.68. The number of rotatable bonds is 7. The van der Waals surface area contributed by atoms with Gasteiger partial charge in [-0.05, 0) is 32.0 Å². The number of aromatic nitrogens is 3. The molecule has 2 aromatic heterocycles. The molecule has 0 saturated heterocycles. The van der Waals surface area contributed by atoms with Crippen molar-refractivity contribution in [2.75, 3.05) is 13.1 Å². The number of nitrogens with zero attached hydrogens (tertiary/aromatic N) is 3. The Morgan fingerprint density at radius 2 is 2.21 bits per heavy atom. The summed E-state index contributed by atoms with van der Waals surface area (Å²) in [4.78, 5) is 3.97. The zero-order valence-corrected chi connectivity index (χ0v) is 12.5. The van der Waals surface area contributed by atoms with E-state index in [4.69, 9.17) is 11.6 Å². The predicted molar refractivity (Wildman–Crippen MR) is 79.6 cm³/mol. The van der Waals surface area contributed by atoms with E-state index in [0.717, 1.165) is 41.5 Å². The third-order valence-electron chi connectivity index (χ3n) is 2.64. The molecule has 0 aliphatic heterocycles. The molecule has 19 heavy (non-hydrogen) atoms. The number of halogens is 1. The van der Waals surface area contributed by atoms with Crippen LogP contribution in [0.25, 0.3) is 10.6 Å². The zero-order valence-electron chi connectivity index (χ0n) is 10.9. The second-order valence-electron chi connectivity index (χ2n) is 4.21. The van der Waals surface area contributed by atoms with Gasteiger partial charge in [0, 0.05) is 24.4 Å². The fourth-order valence-corrected chi connectivity index (χ4v) is 2.86. The molecule has 2 heterocycles. The van der Waals surface area contributed by atoms with Crippen LogP contribution in [0.1, 0.15) is 24.8 Å². The van der Waals surface area contributed by atoms with Gasteiger partial charge in [-0.2, -0.15) is 0 Å². The molecule has 0 spiro atoms. The predicted octanol–water partition coefficient (Wildman–Crippen LogP) is 3.19. The Kier molecular flexibility index (Phi) is 5.69. The number of pyridine rings is 1. The molecule has 6 heteroatoms. The highest BCUT2D eigenvalue weighted by Crippen LogP contribution is 2.29. The highest BCUT2D eigenvalue weighted by atomic mass is 35.5. The van der Waals surface area contributed by atoms with Crippen molar-refractivity contribution in [2.24, 2.45) is 0 Å². The van der Waals surface area contributed by atoms with E-state index in [1.54, 1.807) is 23.7 Å². The quantitative estimate of drug-likeness (QED) is 0.797. The molecule has 0 aromatic carbocycles. The average molecular weight is 297 g/mol. The van der Waals surface area contributed by atoms with Gasteiger partial charge in [0.15, 0.2) is 0 Å². The minimum absolute atomic E-state index is 0.620. The third kappa shape index (κ3) is 4.23. The monoisotopic (exact) mass is 296 g/mol. The van der Waals surface area contributed by atoms with Crippen molar-refractivity contribution >= 4 is 22.9 Å². The lowest BCUT2D eigenvalue weighted by atomic mass is 10.3. The first kappa shape index (κ1) is 14.4. The summed E-state index contributed by atoms with van der Waals surface area (Å²) in [6.45, 7) is 4.27. The maximum absolute atomic E-state index is 6.10. The largest absolute Gasteiger partial charge is 0.317 e. The van der Waals surface area contributed by atoms with E-state index in [0.29, 0.717) is 5.02 Å². The van der Waals surface area contributed by atoms with E-state index in [1.807, 2.05) is 6.07 Å². The maximum Gasteiger partial charge on any atom is 0.149 e. The lowest BCUT2D eigenvalue weighted by molar-refractivity contribution is 0.637. The second-order valence-corrected chi connectivity index (χ2v) is 5.68. The summed E-state index contributed by atoms with van der Waals surface area (Å²) in [6.07, 6.45) is 6.56. The Balaban J connectivity index is 1.91. The van der Waals surface area contributed by atoms with Crippen LogP contribution in [-0.2, 0) is 6.42 Å². The molecule has 2 rings (SSSR count). The molecule has 1 N–H and O–H groups in total. The van der Waals surface area contributed by atoms with Crippen molar-refractivity contribution in [2.45, 2.75) is 26.2 Å². The van der Waals surface area contributed by atoms with Crippen LogP contribution in [0.3, 0.4) is 0 Å². The summed E-state index contributed by atoms with van der Waals surface area (Å²) in [5, 5.41) is 14.3. The molecule has 0 bridgehead atoms. The summed E-state index contributed by atoms with van der Waals surface area (Å²) in [5.41, 5.74) is 0.907.